The highest BCUT2D eigenvalue weighted by molar-refractivity contribution is 5.77. The molecule has 0 rings (SSSR count). The van der Waals surface area contributed by atoms with Gasteiger partial charge >= 0.3 is 0 Å². The van der Waals surface area contributed by atoms with Crippen molar-refractivity contribution < 1.29 is 4.79 Å². The Labute approximate surface area is 81.6 Å². The molecule has 76 valence electrons. The molecule has 0 aliphatic carbocycles. The lowest BCUT2D eigenvalue weighted by Crippen LogP contribution is -2.27. The van der Waals surface area contributed by atoms with Crippen LogP contribution in [0.1, 0.15) is 32.6 Å². The zero-order valence-corrected chi connectivity index (χ0v) is 9.05. The van der Waals surface area contributed by atoms with Crippen LogP contribution in [0, 0.1) is 5.92 Å². The van der Waals surface area contributed by atoms with Gasteiger partial charge in [-0.3, -0.25) is 4.79 Å². The van der Waals surface area contributed by atoms with E-state index in [1.165, 1.54) is 0 Å². The Morgan fingerprint density at radius 3 is 2.54 bits per heavy atom. The molecule has 0 aromatic heterocycles. The highest BCUT2D eigenvalue weighted by Crippen LogP contribution is 2.11. The molecule has 0 heterocycles. The number of rotatable bonds is 6. The van der Waals surface area contributed by atoms with Crippen LogP contribution in [0.5, 0.6) is 0 Å². The summed E-state index contributed by atoms with van der Waals surface area (Å²) in [6.45, 7) is 5.66. The van der Waals surface area contributed by atoms with E-state index in [1.807, 2.05) is 27.1 Å². The minimum Gasteiger partial charge on any atom is -0.349 e. The molecular weight excluding hydrogens is 162 g/mol. The van der Waals surface area contributed by atoms with E-state index in [2.05, 4.69) is 6.58 Å². The highest BCUT2D eigenvalue weighted by Gasteiger charge is 2.13. The van der Waals surface area contributed by atoms with Gasteiger partial charge in [-0.05, 0) is 19.3 Å². The number of hydrogen-bond acceptors (Lipinski definition) is 1. The molecule has 2 nitrogen and oxygen atoms in total. The van der Waals surface area contributed by atoms with Crippen LogP contribution in [-0.2, 0) is 4.79 Å². The first kappa shape index (κ1) is 12.2. The van der Waals surface area contributed by atoms with Gasteiger partial charge in [0, 0.05) is 20.0 Å². The van der Waals surface area contributed by atoms with E-state index in [1.54, 1.807) is 4.90 Å². The van der Waals surface area contributed by atoms with Gasteiger partial charge in [0.25, 0.3) is 0 Å². The average Bonchev–Trinajstić information content (AvgIpc) is 2.10. The monoisotopic (exact) mass is 183 g/mol. The first-order chi connectivity index (χ1) is 6.09. The average molecular weight is 183 g/mol. The van der Waals surface area contributed by atoms with Crippen LogP contribution in [0.2, 0.25) is 0 Å². The van der Waals surface area contributed by atoms with Crippen LogP contribution in [0.3, 0.4) is 0 Å². The molecule has 1 amide bonds. The third-order valence-corrected chi connectivity index (χ3v) is 2.16. The van der Waals surface area contributed by atoms with Crippen molar-refractivity contribution in [3.8, 4) is 0 Å². The molecule has 2 heteroatoms. The Balaban J connectivity index is 3.55. The van der Waals surface area contributed by atoms with Crippen molar-refractivity contribution in [2.45, 2.75) is 32.6 Å². The molecule has 13 heavy (non-hydrogen) atoms. The molecule has 0 aromatic carbocycles. The summed E-state index contributed by atoms with van der Waals surface area (Å²) >= 11 is 0. The van der Waals surface area contributed by atoms with Gasteiger partial charge in [0.1, 0.15) is 0 Å². The van der Waals surface area contributed by atoms with E-state index in [4.69, 9.17) is 0 Å². The van der Waals surface area contributed by atoms with Crippen LogP contribution >= 0.6 is 0 Å². The minimum atomic E-state index is 0.166. The standard InChI is InChI=1S/C11H21NO/c1-5-6-7-8-9-10(2)11(13)12(3)4/h5,10H,1,6-9H2,2-4H3. The van der Waals surface area contributed by atoms with Gasteiger partial charge in [-0.1, -0.05) is 19.4 Å². The first-order valence-corrected chi connectivity index (χ1v) is 4.91. The Bertz CT molecular complexity index is 163. The maximum atomic E-state index is 11.4. The van der Waals surface area contributed by atoms with Crippen molar-refractivity contribution in [3.05, 3.63) is 12.7 Å². The summed E-state index contributed by atoms with van der Waals surface area (Å²) < 4.78 is 0. The van der Waals surface area contributed by atoms with Crippen LogP contribution in [0.25, 0.3) is 0 Å². The second kappa shape index (κ2) is 6.70. The summed E-state index contributed by atoms with van der Waals surface area (Å²) in [5.74, 6) is 0.401. The largest absolute Gasteiger partial charge is 0.349 e. The van der Waals surface area contributed by atoms with E-state index < -0.39 is 0 Å². The number of allylic oxidation sites excluding steroid dienone is 1. The summed E-state index contributed by atoms with van der Waals surface area (Å²) in [5, 5.41) is 0. The first-order valence-electron chi connectivity index (χ1n) is 4.91. The normalized spacial score (nSPS) is 12.2. The summed E-state index contributed by atoms with van der Waals surface area (Å²) in [5.41, 5.74) is 0. The van der Waals surface area contributed by atoms with Crippen molar-refractivity contribution in [1.29, 1.82) is 0 Å². The third-order valence-electron chi connectivity index (χ3n) is 2.16. The fraction of sp³-hybridized carbons (Fsp3) is 0.727. The van der Waals surface area contributed by atoms with Crippen molar-refractivity contribution in [1.82, 2.24) is 4.90 Å². The predicted octanol–water partition coefficient (Wildman–Crippen LogP) is 2.46. The predicted molar refractivity (Wildman–Crippen MR) is 56.5 cm³/mol. The molecular formula is C11H21NO. The number of carbonyl (C=O) groups is 1. The number of amides is 1. The van der Waals surface area contributed by atoms with E-state index in [9.17, 15) is 4.79 Å². The van der Waals surface area contributed by atoms with Crippen LogP contribution in [-0.4, -0.2) is 24.9 Å². The Morgan fingerprint density at radius 1 is 1.46 bits per heavy atom. The van der Waals surface area contributed by atoms with E-state index in [0.29, 0.717) is 0 Å². The van der Waals surface area contributed by atoms with Crippen molar-refractivity contribution in [2.24, 2.45) is 5.92 Å². The smallest absolute Gasteiger partial charge is 0.224 e. The van der Waals surface area contributed by atoms with Gasteiger partial charge in [-0.15, -0.1) is 6.58 Å². The van der Waals surface area contributed by atoms with Crippen LogP contribution in [0.15, 0.2) is 12.7 Å². The molecule has 1 unspecified atom stereocenters. The van der Waals surface area contributed by atoms with Crippen molar-refractivity contribution >= 4 is 5.91 Å². The zero-order chi connectivity index (χ0) is 10.3. The fourth-order valence-electron chi connectivity index (χ4n) is 1.30. The Kier molecular flexibility index (Phi) is 6.29. The maximum absolute atomic E-state index is 11.4. The summed E-state index contributed by atoms with van der Waals surface area (Å²) in [7, 11) is 3.62. The van der Waals surface area contributed by atoms with Crippen molar-refractivity contribution in [2.75, 3.05) is 14.1 Å². The number of unbranched alkanes of at least 4 members (excludes halogenated alkanes) is 2. The van der Waals surface area contributed by atoms with Gasteiger partial charge in [0.2, 0.25) is 5.91 Å². The van der Waals surface area contributed by atoms with E-state index in [-0.39, 0.29) is 11.8 Å². The molecule has 0 aliphatic heterocycles. The molecule has 0 spiro atoms. The molecule has 0 aliphatic rings. The van der Waals surface area contributed by atoms with Gasteiger partial charge in [0.15, 0.2) is 0 Å². The summed E-state index contributed by atoms with van der Waals surface area (Å²) in [6.07, 6.45) is 6.24. The molecule has 0 N–H and O–H groups in total. The fourth-order valence-corrected chi connectivity index (χ4v) is 1.30. The molecule has 0 fully saturated rings. The molecule has 0 saturated carbocycles. The second-order valence-electron chi connectivity index (χ2n) is 3.71. The molecule has 0 bridgehead atoms. The van der Waals surface area contributed by atoms with Crippen LogP contribution in [0.4, 0.5) is 0 Å². The van der Waals surface area contributed by atoms with E-state index in [0.717, 1.165) is 25.7 Å². The lowest BCUT2D eigenvalue weighted by atomic mass is 10.0. The Morgan fingerprint density at radius 2 is 2.08 bits per heavy atom. The molecule has 1 atom stereocenters. The lowest BCUT2D eigenvalue weighted by molar-refractivity contribution is -0.132. The van der Waals surface area contributed by atoms with Gasteiger partial charge < -0.3 is 4.90 Å². The summed E-state index contributed by atoms with van der Waals surface area (Å²) in [6, 6.07) is 0. The highest BCUT2D eigenvalue weighted by atomic mass is 16.2. The van der Waals surface area contributed by atoms with Gasteiger partial charge in [-0.2, -0.15) is 0 Å². The lowest BCUT2D eigenvalue weighted by Gasteiger charge is -2.16. The Hall–Kier alpha value is -0.790. The van der Waals surface area contributed by atoms with Gasteiger partial charge in [-0.25, -0.2) is 0 Å². The molecule has 0 radical (unpaired) electrons. The number of nitrogens with zero attached hydrogens (tertiary/aromatic N) is 1. The quantitative estimate of drug-likeness (QED) is 0.457. The van der Waals surface area contributed by atoms with Crippen molar-refractivity contribution in [3.63, 3.8) is 0 Å². The van der Waals surface area contributed by atoms with Gasteiger partial charge in [0.05, 0.1) is 0 Å². The topological polar surface area (TPSA) is 20.3 Å². The number of hydrogen-bond donors (Lipinski definition) is 0. The SMILES string of the molecule is C=CCCCCC(C)C(=O)N(C)C. The maximum Gasteiger partial charge on any atom is 0.224 e. The summed E-state index contributed by atoms with van der Waals surface area (Å²) in [4.78, 5) is 13.1. The number of carbonyl (C=O) groups excluding carboxylic acids is 1. The van der Waals surface area contributed by atoms with Crippen LogP contribution < -0.4 is 0 Å². The second-order valence-corrected chi connectivity index (χ2v) is 3.71. The third kappa shape index (κ3) is 5.45. The molecule has 0 aromatic rings. The van der Waals surface area contributed by atoms with E-state index >= 15 is 0 Å². The molecule has 0 saturated heterocycles. The minimum absolute atomic E-state index is 0.166. The zero-order valence-electron chi connectivity index (χ0n) is 9.05.